The van der Waals surface area contributed by atoms with Crippen LogP contribution in [0.4, 0.5) is 11.4 Å². The van der Waals surface area contributed by atoms with Gasteiger partial charge in [-0.1, -0.05) is 17.3 Å². The fraction of sp³-hybridized carbons (Fsp3) is 0.438. The molecule has 7 nitrogen and oxygen atoms in total. The van der Waals surface area contributed by atoms with Crippen molar-refractivity contribution in [1.82, 2.24) is 15.5 Å². The lowest BCUT2D eigenvalue weighted by molar-refractivity contribution is -0.124. The molecule has 4 rings (SSSR count). The number of rotatable bonds is 2. The quantitative estimate of drug-likeness (QED) is 0.873. The number of fused-ring (bicyclic) bond motifs is 1. The zero-order chi connectivity index (χ0) is 15.9. The number of anilines is 2. The Morgan fingerprint density at radius 2 is 2.09 bits per heavy atom. The van der Waals surface area contributed by atoms with Gasteiger partial charge in [-0.25, -0.2) is 0 Å². The lowest BCUT2D eigenvalue weighted by Gasteiger charge is -2.45. The van der Waals surface area contributed by atoms with Gasteiger partial charge in [0.2, 0.25) is 5.89 Å². The van der Waals surface area contributed by atoms with Crippen LogP contribution in [-0.4, -0.2) is 34.7 Å². The van der Waals surface area contributed by atoms with E-state index in [-0.39, 0.29) is 5.91 Å². The molecule has 23 heavy (non-hydrogen) atoms. The van der Waals surface area contributed by atoms with Gasteiger partial charge in [-0.15, -0.1) is 0 Å². The summed E-state index contributed by atoms with van der Waals surface area (Å²) in [5.74, 6) is 1.12. The maximum absolute atomic E-state index is 13.2. The van der Waals surface area contributed by atoms with Gasteiger partial charge in [-0.2, -0.15) is 4.98 Å². The van der Waals surface area contributed by atoms with Gasteiger partial charge in [0, 0.05) is 6.92 Å². The molecule has 2 aliphatic heterocycles. The molecule has 1 fully saturated rings. The topological polar surface area (TPSA) is 83.3 Å². The van der Waals surface area contributed by atoms with Gasteiger partial charge in [0.15, 0.2) is 5.82 Å². The third-order valence-electron chi connectivity index (χ3n) is 4.55. The van der Waals surface area contributed by atoms with Crippen molar-refractivity contribution in [3.05, 3.63) is 36.0 Å². The molecule has 0 radical (unpaired) electrons. The molecule has 3 heterocycles. The van der Waals surface area contributed by atoms with E-state index in [1.165, 1.54) is 0 Å². The van der Waals surface area contributed by atoms with E-state index in [9.17, 15) is 4.79 Å². The summed E-state index contributed by atoms with van der Waals surface area (Å²) >= 11 is 0. The lowest BCUT2D eigenvalue weighted by atomic mass is 9.84. The summed E-state index contributed by atoms with van der Waals surface area (Å²) in [6, 6.07) is 7.87. The molecular formula is C16H19N5O2. The minimum Gasteiger partial charge on any atom is -0.369 e. The van der Waals surface area contributed by atoms with Gasteiger partial charge >= 0.3 is 0 Å². The molecular weight excluding hydrogens is 294 g/mol. The molecule has 0 aliphatic carbocycles. The molecule has 1 spiro atoms. The third-order valence-corrected chi connectivity index (χ3v) is 4.55. The standard InChI is InChI=1S/C16H19N5O2/c1-11-18-14(20-23-11)10-21-13-5-3-2-4-12(13)19-16(15(21)22)6-8-17-9-7-16/h2-5,17,19H,6-10H2,1H3. The molecule has 7 heteroatoms. The van der Waals surface area contributed by atoms with Crippen LogP contribution in [0.2, 0.25) is 0 Å². The highest BCUT2D eigenvalue weighted by atomic mass is 16.5. The van der Waals surface area contributed by atoms with Crippen LogP contribution in [0.15, 0.2) is 28.8 Å². The zero-order valence-electron chi connectivity index (χ0n) is 13.0. The molecule has 2 aliphatic rings. The number of benzene rings is 1. The molecule has 1 aromatic heterocycles. The summed E-state index contributed by atoms with van der Waals surface area (Å²) in [5.41, 5.74) is 1.30. The fourth-order valence-corrected chi connectivity index (χ4v) is 3.39. The molecule has 1 amide bonds. The lowest BCUT2D eigenvalue weighted by Crippen LogP contribution is -2.61. The van der Waals surface area contributed by atoms with Gasteiger partial charge < -0.3 is 20.1 Å². The van der Waals surface area contributed by atoms with E-state index in [2.05, 4.69) is 20.8 Å². The Morgan fingerprint density at radius 3 is 2.83 bits per heavy atom. The molecule has 120 valence electrons. The van der Waals surface area contributed by atoms with Gasteiger partial charge in [-0.05, 0) is 38.1 Å². The summed E-state index contributed by atoms with van der Waals surface area (Å²) in [6.07, 6.45) is 1.53. The van der Waals surface area contributed by atoms with Gasteiger partial charge in [0.1, 0.15) is 5.54 Å². The number of aromatic nitrogens is 2. The third kappa shape index (κ3) is 2.37. The number of hydrogen-bond acceptors (Lipinski definition) is 6. The Labute approximate surface area is 134 Å². The monoisotopic (exact) mass is 313 g/mol. The predicted octanol–water partition coefficient (Wildman–Crippen LogP) is 1.46. The Kier molecular flexibility index (Phi) is 3.30. The molecule has 2 aromatic rings. The average molecular weight is 313 g/mol. The predicted molar refractivity (Wildman–Crippen MR) is 85.1 cm³/mol. The Morgan fingerprint density at radius 1 is 1.30 bits per heavy atom. The van der Waals surface area contributed by atoms with Crippen LogP contribution >= 0.6 is 0 Å². The number of nitrogens with zero attached hydrogens (tertiary/aromatic N) is 3. The maximum atomic E-state index is 13.2. The number of hydrogen-bond donors (Lipinski definition) is 2. The van der Waals surface area contributed by atoms with E-state index in [0.29, 0.717) is 18.3 Å². The second-order valence-corrected chi connectivity index (χ2v) is 6.10. The van der Waals surface area contributed by atoms with E-state index in [1.54, 1.807) is 11.8 Å². The minimum absolute atomic E-state index is 0.0835. The number of nitrogens with one attached hydrogen (secondary N) is 2. The van der Waals surface area contributed by atoms with Crippen molar-refractivity contribution in [2.75, 3.05) is 23.3 Å². The van der Waals surface area contributed by atoms with Crippen LogP contribution in [0.1, 0.15) is 24.6 Å². The number of para-hydroxylation sites is 2. The summed E-state index contributed by atoms with van der Waals surface area (Å²) in [4.78, 5) is 19.2. The van der Waals surface area contributed by atoms with Crippen LogP contribution in [0.25, 0.3) is 0 Å². The number of aryl methyl sites for hydroxylation is 1. The van der Waals surface area contributed by atoms with Crippen molar-refractivity contribution in [3.63, 3.8) is 0 Å². The largest absolute Gasteiger partial charge is 0.369 e. The van der Waals surface area contributed by atoms with Crippen LogP contribution in [0.3, 0.4) is 0 Å². The zero-order valence-corrected chi connectivity index (χ0v) is 13.0. The van der Waals surface area contributed by atoms with Crippen molar-refractivity contribution < 1.29 is 9.32 Å². The van der Waals surface area contributed by atoms with E-state index in [1.807, 2.05) is 24.3 Å². The van der Waals surface area contributed by atoms with Gasteiger partial charge in [-0.3, -0.25) is 4.79 Å². The Bertz CT molecular complexity index is 736. The minimum atomic E-state index is -0.543. The van der Waals surface area contributed by atoms with Crippen LogP contribution in [-0.2, 0) is 11.3 Å². The molecule has 2 N–H and O–H groups in total. The summed E-state index contributed by atoms with van der Waals surface area (Å²) in [5, 5.41) is 10.7. The first kappa shape index (κ1) is 14.2. The maximum Gasteiger partial charge on any atom is 0.253 e. The summed E-state index contributed by atoms with van der Waals surface area (Å²) in [6.45, 7) is 3.73. The summed E-state index contributed by atoms with van der Waals surface area (Å²) < 4.78 is 5.04. The van der Waals surface area contributed by atoms with E-state index in [4.69, 9.17) is 4.52 Å². The smallest absolute Gasteiger partial charge is 0.253 e. The number of carbonyl (C=O) groups is 1. The van der Waals surface area contributed by atoms with Crippen molar-refractivity contribution in [2.24, 2.45) is 0 Å². The molecule has 0 saturated carbocycles. The Balaban J connectivity index is 1.74. The highest BCUT2D eigenvalue weighted by molar-refractivity contribution is 6.07. The van der Waals surface area contributed by atoms with Crippen molar-refractivity contribution in [3.8, 4) is 0 Å². The molecule has 1 saturated heterocycles. The SMILES string of the molecule is Cc1nc(CN2C(=O)C3(CCNCC3)Nc3ccccc32)no1. The highest BCUT2D eigenvalue weighted by Crippen LogP contribution is 2.39. The van der Waals surface area contributed by atoms with E-state index >= 15 is 0 Å². The molecule has 0 atom stereocenters. The number of amides is 1. The molecule has 1 aromatic carbocycles. The fourth-order valence-electron chi connectivity index (χ4n) is 3.39. The Hall–Kier alpha value is -2.41. The summed E-state index contributed by atoms with van der Waals surface area (Å²) in [7, 11) is 0. The van der Waals surface area contributed by atoms with Crippen molar-refractivity contribution in [1.29, 1.82) is 0 Å². The number of carbonyl (C=O) groups excluding carboxylic acids is 1. The number of piperidine rings is 1. The van der Waals surface area contributed by atoms with Crippen molar-refractivity contribution in [2.45, 2.75) is 31.8 Å². The second-order valence-electron chi connectivity index (χ2n) is 6.10. The first-order chi connectivity index (χ1) is 11.2. The molecule has 0 unspecified atom stereocenters. The highest BCUT2D eigenvalue weighted by Gasteiger charge is 2.46. The second kappa shape index (κ2) is 5.34. The van der Waals surface area contributed by atoms with Crippen LogP contribution in [0, 0.1) is 6.92 Å². The van der Waals surface area contributed by atoms with Crippen molar-refractivity contribution >= 4 is 17.3 Å². The normalized spacial score (nSPS) is 19.5. The first-order valence-electron chi connectivity index (χ1n) is 7.87. The average Bonchev–Trinajstić information content (AvgIpc) is 2.98. The van der Waals surface area contributed by atoms with E-state index in [0.717, 1.165) is 37.3 Å². The molecule has 0 bridgehead atoms. The van der Waals surface area contributed by atoms with E-state index < -0.39 is 5.54 Å². The first-order valence-corrected chi connectivity index (χ1v) is 7.87. The van der Waals surface area contributed by atoms with Gasteiger partial charge in [0.05, 0.1) is 17.9 Å². The van der Waals surface area contributed by atoms with Crippen LogP contribution < -0.4 is 15.5 Å². The van der Waals surface area contributed by atoms with Gasteiger partial charge in [0.25, 0.3) is 5.91 Å². The van der Waals surface area contributed by atoms with Crippen LogP contribution in [0.5, 0.6) is 0 Å².